The minimum absolute atomic E-state index is 0.308. The van der Waals surface area contributed by atoms with Gasteiger partial charge in [-0.1, -0.05) is 41.9 Å². The van der Waals surface area contributed by atoms with Crippen molar-refractivity contribution < 1.29 is 9.53 Å². The van der Waals surface area contributed by atoms with E-state index in [1.807, 2.05) is 48.5 Å². The highest BCUT2D eigenvalue weighted by molar-refractivity contribution is 6.31. The molecule has 0 unspecified atom stereocenters. The highest BCUT2D eigenvalue weighted by atomic mass is 35.5. The van der Waals surface area contributed by atoms with Gasteiger partial charge in [0.1, 0.15) is 12.4 Å². The first-order chi connectivity index (χ1) is 13.1. The average molecular weight is 380 g/mol. The Labute approximate surface area is 162 Å². The van der Waals surface area contributed by atoms with Gasteiger partial charge in [0.25, 0.3) is 5.91 Å². The van der Waals surface area contributed by atoms with Crippen LogP contribution in [-0.2, 0) is 6.61 Å². The number of nitrogens with two attached hydrogens (primary N) is 1. The van der Waals surface area contributed by atoms with Gasteiger partial charge in [-0.25, -0.2) is 5.43 Å². The number of hydrogen-bond donors (Lipinski definition) is 2. The maximum absolute atomic E-state index is 12.0. The van der Waals surface area contributed by atoms with E-state index < -0.39 is 0 Å². The number of amides is 1. The van der Waals surface area contributed by atoms with Gasteiger partial charge in [0, 0.05) is 21.8 Å². The van der Waals surface area contributed by atoms with Crippen LogP contribution in [0.1, 0.15) is 21.5 Å². The first-order valence-corrected chi connectivity index (χ1v) is 8.65. The Morgan fingerprint density at radius 2 is 1.85 bits per heavy atom. The number of ether oxygens (including phenoxy) is 1. The van der Waals surface area contributed by atoms with E-state index in [2.05, 4.69) is 10.5 Å². The molecule has 0 saturated heterocycles. The van der Waals surface area contributed by atoms with E-state index in [1.54, 1.807) is 30.5 Å². The Bertz CT molecular complexity index is 956. The predicted octanol–water partition coefficient (Wildman–Crippen LogP) is 4.27. The van der Waals surface area contributed by atoms with Gasteiger partial charge in [0.05, 0.1) is 6.21 Å². The zero-order chi connectivity index (χ0) is 19.1. The van der Waals surface area contributed by atoms with Crippen molar-refractivity contribution in [1.82, 2.24) is 5.43 Å². The number of carbonyl (C=O) groups is 1. The minimum Gasteiger partial charge on any atom is -0.489 e. The lowest BCUT2D eigenvalue weighted by atomic mass is 10.2. The van der Waals surface area contributed by atoms with Crippen LogP contribution >= 0.6 is 11.6 Å². The third-order valence-corrected chi connectivity index (χ3v) is 4.13. The monoisotopic (exact) mass is 379 g/mol. The predicted molar refractivity (Wildman–Crippen MR) is 108 cm³/mol. The van der Waals surface area contributed by atoms with Gasteiger partial charge < -0.3 is 10.5 Å². The average Bonchev–Trinajstić information content (AvgIpc) is 2.68. The summed E-state index contributed by atoms with van der Waals surface area (Å²) in [5, 5.41) is 4.65. The van der Waals surface area contributed by atoms with Gasteiger partial charge in [-0.3, -0.25) is 4.79 Å². The molecule has 3 rings (SSSR count). The molecule has 5 nitrogen and oxygen atoms in total. The van der Waals surface area contributed by atoms with E-state index in [0.29, 0.717) is 28.6 Å². The molecule has 0 heterocycles. The van der Waals surface area contributed by atoms with Crippen molar-refractivity contribution in [3.05, 3.63) is 94.5 Å². The first kappa shape index (κ1) is 18.5. The van der Waals surface area contributed by atoms with E-state index in [9.17, 15) is 4.79 Å². The van der Waals surface area contributed by atoms with Crippen LogP contribution in [0.5, 0.6) is 5.75 Å². The second-order valence-electron chi connectivity index (χ2n) is 5.77. The van der Waals surface area contributed by atoms with Crippen LogP contribution in [0.4, 0.5) is 5.69 Å². The number of nitrogen functional groups attached to an aromatic ring is 1. The molecule has 0 aliphatic rings. The maximum Gasteiger partial charge on any atom is 0.271 e. The summed E-state index contributed by atoms with van der Waals surface area (Å²) in [7, 11) is 0. The largest absolute Gasteiger partial charge is 0.489 e. The maximum atomic E-state index is 12.0. The SMILES string of the molecule is Nc1ccc(C(=O)N/N=C\c2cccc(OCc3ccccc3Cl)c2)cc1. The number of benzene rings is 3. The summed E-state index contributed by atoms with van der Waals surface area (Å²) >= 11 is 6.13. The Hall–Kier alpha value is -3.31. The van der Waals surface area contributed by atoms with Crippen molar-refractivity contribution in [3.63, 3.8) is 0 Å². The molecular formula is C21H18ClN3O2. The number of nitrogens with one attached hydrogen (secondary N) is 1. The fourth-order valence-corrected chi connectivity index (χ4v) is 2.52. The quantitative estimate of drug-likeness (QED) is 0.381. The van der Waals surface area contributed by atoms with Gasteiger partial charge in [-0.05, 0) is 48.0 Å². The highest BCUT2D eigenvalue weighted by Gasteiger charge is 2.03. The van der Waals surface area contributed by atoms with Crippen LogP contribution in [0.2, 0.25) is 5.02 Å². The van der Waals surface area contributed by atoms with E-state index in [4.69, 9.17) is 22.1 Å². The smallest absolute Gasteiger partial charge is 0.271 e. The summed E-state index contributed by atoms with van der Waals surface area (Å²) < 4.78 is 5.78. The number of anilines is 1. The third-order valence-electron chi connectivity index (χ3n) is 3.76. The van der Waals surface area contributed by atoms with Gasteiger partial charge in [-0.15, -0.1) is 0 Å². The molecule has 0 spiro atoms. The molecule has 27 heavy (non-hydrogen) atoms. The van der Waals surface area contributed by atoms with Gasteiger partial charge in [0.15, 0.2) is 0 Å². The molecule has 0 aliphatic heterocycles. The molecule has 3 N–H and O–H groups in total. The van der Waals surface area contributed by atoms with Gasteiger partial charge in [0.2, 0.25) is 0 Å². The van der Waals surface area contributed by atoms with Crippen LogP contribution in [0, 0.1) is 0 Å². The van der Waals surface area contributed by atoms with Crippen LogP contribution in [0.15, 0.2) is 77.9 Å². The van der Waals surface area contributed by atoms with Crippen LogP contribution in [-0.4, -0.2) is 12.1 Å². The Balaban J connectivity index is 1.58. The Kier molecular flexibility index (Phi) is 6.07. The summed E-state index contributed by atoms with van der Waals surface area (Å²) in [6.07, 6.45) is 1.55. The van der Waals surface area contributed by atoms with Gasteiger partial charge in [-0.2, -0.15) is 5.10 Å². The molecule has 0 aliphatic carbocycles. The van der Waals surface area contributed by atoms with Crippen molar-refractivity contribution in [2.75, 3.05) is 5.73 Å². The molecule has 0 fully saturated rings. The number of carbonyl (C=O) groups excluding carboxylic acids is 1. The molecule has 136 valence electrons. The van der Waals surface area contributed by atoms with Crippen molar-refractivity contribution in [2.24, 2.45) is 5.10 Å². The normalized spacial score (nSPS) is 10.7. The van der Waals surface area contributed by atoms with Crippen molar-refractivity contribution >= 4 is 29.4 Å². The number of hydrazone groups is 1. The molecular weight excluding hydrogens is 362 g/mol. The van der Waals surface area contributed by atoms with Gasteiger partial charge >= 0.3 is 0 Å². The molecule has 0 atom stereocenters. The molecule has 6 heteroatoms. The van der Waals surface area contributed by atoms with Crippen molar-refractivity contribution in [1.29, 1.82) is 0 Å². The number of halogens is 1. The van der Waals surface area contributed by atoms with E-state index >= 15 is 0 Å². The number of hydrogen-bond acceptors (Lipinski definition) is 4. The molecule has 0 saturated carbocycles. The summed E-state index contributed by atoms with van der Waals surface area (Å²) in [5.41, 5.74) is 10.9. The summed E-state index contributed by atoms with van der Waals surface area (Å²) in [6.45, 7) is 0.369. The summed E-state index contributed by atoms with van der Waals surface area (Å²) in [4.78, 5) is 12.0. The lowest BCUT2D eigenvalue weighted by Crippen LogP contribution is -2.17. The van der Waals surface area contributed by atoms with E-state index in [0.717, 1.165) is 11.1 Å². The highest BCUT2D eigenvalue weighted by Crippen LogP contribution is 2.19. The van der Waals surface area contributed by atoms with Crippen LogP contribution in [0.25, 0.3) is 0 Å². The molecule has 0 radical (unpaired) electrons. The molecule has 3 aromatic rings. The minimum atomic E-state index is -0.308. The van der Waals surface area contributed by atoms with E-state index in [-0.39, 0.29) is 5.91 Å². The molecule has 0 bridgehead atoms. The summed E-state index contributed by atoms with van der Waals surface area (Å²) in [6, 6.07) is 21.5. The topological polar surface area (TPSA) is 76.7 Å². The third kappa shape index (κ3) is 5.33. The van der Waals surface area contributed by atoms with Crippen molar-refractivity contribution in [3.8, 4) is 5.75 Å². The van der Waals surface area contributed by atoms with Crippen LogP contribution in [0.3, 0.4) is 0 Å². The zero-order valence-electron chi connectivity index (χ0n) is 14.4. The number of nitrogens with zero attached hydrogens (tertiary/aromatic N) is 1. The second kappa shape index (κ2) is 8.87. The summed E-state index contributed by atoms with van der Waals surface area (Å²) in [5.74, 6) is 0.376. The molecule has 0 aromatic heterocycles. The Morgan fingerprint density at radius 3 is 2.63 bits per heavy atom. The zero-order valence-corrected chi connectivity index (χ0v) is 15.2. The first-order valence-electron chi connectivity index (χ1n) is 8.27. The van der Waals surface area contributed by atoms with Crippen molar-refractivity contribution in [2.45, 2.75) is 6.61 Å². The van der Waals surface area contributed by atoms with E-state index in [1.165, 1.54) is 0 Å². The fraction of sp³-hybridized carbons (Fsp3) is 0.0476. The molecule has 3 aromatic carbocycles. The fourth-order valence-electron chi connectivity index (χ4n) is 2.33. The number of rotatable bonds is 6. The standard InChI is InChI=1S/C21H18ClN3O2/c22-20-7-2-1-5-17(20)14-27-19-6-3-4-15(12-19)13-24-25-21(26)16-8-10-18(23)11-9-16/h1-13H,14,23H2,(H,25,26)/b24-13-. The Morgan fingerprint density at radius 1 is 1.07 bits per heavy atom. The lowest BCUT2D eigenvalue weighted by molar-refractivity contribution is 0.0955. The lowest BCUT2D eigenvalue weighted by Gasteiger charge is -2.08. The van der Waals surface area contributed by atoms with Crippen LogP contribution < -0.4 is 15.9 Å². The molecule has 1 amide bonds. The second-order valence-corrected chi connectivity index (χ2v) is 6.18.